The molecule has 0 heterocycles. The summed E-state index contributed by atoms with van der Waals surface area (Å²) in [6.07, 6.45) is 0.403. The number of nitrogens with two attached hydrogens (primary N) is 1. The number of rotatable bonds is 5. The van der Waals surface area contributed by atoms with Gasteiger partial charge in [0.15, 0.2) is 11.5 Å². The fraction of sp³-hybridized carbons (Fsp3) is 0.571. The largest absolute Gasteiger partial charge is 0.493 e. The quantitative estimate of drug-likeness (QED) is 0.662. The summed E-state index contributed by atoms with van der Waals surface area (Å²) < 4.78 is 10.3. The topological polar surface area (TPSA) is 87.6 Å². The Morgan fingerprint density at radius 2 is 1.75 bits per heavy atom. The van der Waals surface area contributed by atoms with Crippen molar-refractivity contribution in [1.29, 1.82) is 0 Å². The molecule has 1 aromatic rings. The fourth-order valence-electron chi connectivity index (χ4n) is 1.79. The van der Waals surface area contributed by atoms with Gasteiger partial charge in [-0.05, 0) is 17.9 Å². The van der Waals surface area contributed by atoms with Gasteiger partial charge in [-0.2, -0.15) is 0 Å². The van der Waals surface area contributed by atoms with Gasteiger partial charge in [0, 0.05) is 11.6 Å². The van der Waals surface area contributed by atoms with E-state index in [0.717, 1.165) is 0 Å². The van der Waals surface area contributed by atoms with Crippen LogP contribution in [0, 0.1) is 15.5 Å². The number of hydrogen-bond donors (Lipinski definition) is 1. The lowest BCUT2D eigenvalue weighted by molar-refractivity contribution is -0.385. The standard InChI is InChI=1S/C14H22N2O4/c1-14(2,3)13(15)7-9-6-11(19-4)12(20-5)8-10(9)16(17)18/h6,8,13H,7,15H2,1-5H3. The summed E-state index contributed by atoms with van der Waals surface area (Å²) in [7, 11) is 2.94. The third-order valence-electron chi connectivity index (χ3n) is 3.33. The number of methoxy groups -OCH3 is 2. The van der Waals surface area contributed by atoms with Crippen LogP contribution in [-0.2, 0) is 6.42 Å². The lowest BCUT2D eigenvalue weighted by atomic mass is 9.83. The van der Waals surface area contributed by atoms with E-state index in [1.54, 1.807) is 6.07 Å². The maximum Gasteiger partial charge on any atom is 0.276 e. The SMILES string of the molecule is COc1cc(CC(N)C(C)(C)C)c([N+](=O)[O-])cc1OC. The van der Waals surface area contributed by atoms with Gasteiger partial charge in [0.1, 0.15) is 0 Å². The van der Waals surface area contributed by atoms with Crippen LogP contribution >= 0.6 is 0 Å². The van der Waals surface area contributed by atoms with E-state index >= 15 is 0 Å². The van der Waals surface area contributed by atoms with Gasteiger partial charge < -0.3 is 15.2 Å². The molecule has 0 spiro atoms. The number of hydrogen-bond acceptors (Lipinski definition) is 5. The van der Waals surface area contributed by atoms with Crippen LogP contribution in [0.25, 0.3) is 0 Å². The van der Waals surface area contributed by atoms with E-state index in [1.807, 2.05) is 20.8 Å². The van der Waals surface area contributed by atoms with Crippen molar-refractivity contribution in [3.63, 3.8) is 0 Å². The van der Waals surface area contributed by atoms with Crippen molar-refractivity contribution in [2.45, 2.75) is 33.2 Å². The first kappa shape index (κ1) is 16.2. The second-order valence-corrected chi connectivity index (χ2v) is 5.77. The van der Waals surface area contributed by atoms with Crippen molar-refractivity contribution in [1.82, 2.24) is 0 Å². The van der Waals surface area contributed by atoms with Crippen LogP contribution < -0.4 is 15.2 Å². The molecule has 1 aromatic carbocycles. The van der Waals surface area contributed by atoms with Crippen molar-refractivity contribution in [2.24, 2.45) is 11.1 Å². The molecule has 20 heavy (non-hydrogen) atoms. The molecule has 0 amide bonds. The maximum absolute atomic E-state index is 11.2. The molecule has 0 aliphatic carbocycles. The highest BCUT2D eigenvalue weighted by atomic mass is 16.6. The maximum atomic E-state index is 11.2. The minimum atomic E-state index is -0.424. The Bertz CT molecular complexity index is 495. The number of ether oxygens (including phenoxy) is 2. The molecular weight excluding hydrogens is 260 g/mol. The van der Waals surface area contributed by atoms with E-state index in [0.29, 0.717) is 23.5 Å². The smallest absolute Gasteiger partial charge is 0.276 e. The molecule has 112 valence electrons. The molecule has 6 heteroatoms. The van der Waals surface area contributed by atoms with Gasteiger partial charge in [0.2, 0.25) is 0 Å². The molecule has 1 atom stereocenters. The predicted molar refractivity (Wildman–Crippen MR) is 77.3 cm³/mol. The molecule has 0 saturated carbocycles. The zero-order valence-electron chi connectivity index (χ0n) is 12.6. The van der Waals surface area contributed by atoms with Crippen LogP contribution in [0.2, 0.25) is 0 Å². The van der Waals surface area contributed by atoms with E-state index in [4.69, 9.17) is 15.2 Å². The van der Waals surface area contributed by atoms with Crippen LogP contribution in [0.15, 0.2) is 12.1 Å². The Morgan fingerprint density at radius 1 is 1.25 bits per heavy atom. The van der Waals surface area contributed by atoms with Crippen LogP contribution in [0.4, 0.5) is 5.69 Å². The van der Waals surface area contributed by atoms with E-state index in [1.165, 1.54) is 20.3 Å². The van der Waals surface area contributed by atoms with Crippen molar-refractivity contribution in [3.8, 4) is 11.5 Å². The molecule has 0 bridgehead atoms. The number of nitrogens with zero attached hydrogens (tertiary/aromatic N) is 1. The van der Waals surface area contributed by atoms with Gasteiger partial charge in [-0.3, -0.25) is 10.1 Å². The Kier molecular flexibility index (Phi) is 4.94. The van der Waals surface area contributed by atoms with Crippen molar-refractivity contribution < 1.29 is 14.4 Å². The van der Waals surface area contributed by atoms with Gasteiger partial charge in [0.25, 0.3) is 5.69 Å². The first-order valence-electron chi connectivity index (χ1n) is 6.35. The Hall–Kier alpha value is -1.82. The van der Waals surface area contributed by atoms with E-state index in [2.05, 4.69) is 0 Å². The monoisotopic (exact) mass is 282 g/mol. The van der Waals surface area contributed by atoms with Gasteiger partial charge in [0.05, 0.1) is 25.2 Å². The summed E-state index contributed by atoms with van der Waals surface area (Å²) >= 11 is 0. The van der Waals surface area contributed by atoms with Crippen molar-refractivity contribution in [3.05, 3.63) is 27.8 Å². The highest BCUT2D eigenvalue weighted by molar-refractivity contribution is 5.54. The lowest BCUT2D eigenvalue weighted by Gasteiger charge is -2.27. The van der Waals surface area contributed by atoms with Gasteiger partial charge in [-0.15, -0.1) is 0 Å². The molecule has 0 fully saturated rings. The second kappa shape index (κ2) is 6.09. The molecule has 2 N–H and O–H groups in total. The number of nitro benzene ring substituents is 1. The second-order valence-electron chi connectivity index (χ2n) is 5.77. The molecule has 0 radical (unpaired) electrons. The highest BCUT2D eigenvalue weighted by Crippen LogP contribution is 2.36. The average Bonchev–Trinajstić information content (AvgIpc) is 2.36. The molecule has 0 saturated heterocycles. The minimum Gasteiger partial charge on any atom is -0.493 e. The summed E-state index contributed by atoms with van der Waals surface area (Å²) in [5, 5.41) is 11.2. The molecule has 0 aliphatic rings. The third-order valence-corrected chi connectivity index (χ3v) is 3.33. The lowest BCUT2D eigenvalue weighted by Crippen LogP contribution is -2.37. The predicted octanol–water partition coefficient (Wildman–Crippen LogP) is 2.53. The van der Waals surface area contributed by atoms with Crippen molar-refractivity contribution in [2.75, 3.05) is 14.2 Å². The average molecular weight is 282 g/mol. The Balaban J connectivity index is 3.26. The summed E-state index contributed by atoms with van der Waals surface area (Å²) in [5.74, 6) is 0.807. The zero-order valence-corrected chi connectivity index (χ0v) is 12.6. The molecule has 1 unspecified atom stereocenters. The fourth-order valence-corrected chi connectivity index (χ4v) is 1.79. The van der Waals surface area contributed by atoms with E-state index in [-0.39, 0.29) is 17.1 Å². The summed E-state index contributed by atoms with van der Waals surface area (Å²) in [5.41, 5.74) is 6.53. The van der Waals surface area contributed by atoms with E-state index in [9.17, 15) is 10.1 Å². The molecule has 6 nitrogen and oxygen atoms in total. The normalized spacial score (nSPS) is 12.9. The van der Waals surface area contributed by atoms with Gasteiger partial charge >= 0.3 is 0 Å². The zero-order chi connectivity index (χ0) is 15.5. The van der Waals surface area contributed by atoms with Gasteiger partial charge in [-0.25, -0.2) is 0 Å². The molecule has 0 aromatic heterocycles. The number of benzene rings is 1. The first-order chi connectivity index (χ1) is 9.20. The number of nitro groups is 1. The summed E-state index contributed by atoms with van der Waals surface area (Å²) in [6, 6.07) is 2.81. The van der Waals surface area contributed by atoms with Crippen molar-refractivity contribution >= 4 is 5.69 Å². The Morgan fingerprint density at radius 3 is 2.15 bits per heavy atom. The van der Waals surface area contributed by atoms with Crippen LogP contribution in [0.1, 0.15) is 26.3 Å². The minimum absolute atomic E-state index is 0.00218. The molecular formula is C14H22N2O4. The summed E-state index contributed by atoms with van der Waals surface area (Å²) in [4.78, 5) is 10.8. The first-order valence-corrected chi connectivity index (χ1v) is 6.35. The van der Waals surface area contributed by atoms with Crippen LogP contribution in [0.5, 0.6) is 11.5 Å². The van der Waals surface area contributed by atoms with E-state index < -0.39 is 4.92 Å². The Labute approximate surface area is 119 Å². The van der Waals surface area contributed by atoms with Gasteiger partial charge in [-0.1, -0.05) is 20.8 Å². The summed E-state index contributed by atoms with van der Waals surface area (Å²) in [6.45, 7) is 6.01. The van der Waals surface area contributed by atoms with Crippen LogP contribution in [0.3, 0.4) is 0 Å². The molecule has 0 aliphatic heterocycles. The highest BCUT2D eigenvalue weighted by Gasteiger charge is 2.26. The van der Waals surface area contributed by atoms with Crippen LogP contribution in [-0.4, -0.2) is 25.2 Å². The third kappa shape index (κ3) is 3.60. The molecule has 1 rings (SSSR count).